The summed E-state index contributed by atoms with van der Waals surface area (Å²) in [5.41, 5.74) is 1.49. The Labute approximate surface area is 160 Å². The van der Waals surface area contributed by atoms with E-state index < -0.39 is 7.25 Å². The monoisotopic (exact) mass is 369 g/mol. The molecule has 0 bridgehead atoms. The Morgan fingerprint density at radius 1 is 0.630 bits per heavy atom. The Hall–Kier alpha value is -2.86. The van der Waals surface area contributed by atoms with E-state index in [-0.39, 0.29) is 0 Å². The summed E-state index contributed by atoms with van der Waals surface area (Å²) < 4.78 is 2.35. The van der Waals surface area contributed by atoms with Crippen molar-refractivity contribution < 1.29 is 10.0 Å². The maximum atomic E-state index is 10.1. The standard InChI is InChI=1S/C22H16BNO2S/c25-23(26)24(17-10-9-15-5-1-2-6-16(15)13-17)18-11-12-20-19-7-3-4-8-21(19)27-22(20)14-18/h1-14,25-26H. The van der Waals surface area contributed by atoms with Gasteiger partial charge in [0, 0.05) is 31.5 Å². The van der Waals surface area contributed by atoms with Gasteiger partial charge in [0.2, 0.25) is 0 Å². The van der Waals surface area contributed by atoms with E-state index in [9.17, 15) is 10.0 Å². The molecule has 0 amide bonds. The fraction of sp³-hybridized carbons (Fsp3) is 0. The number of anilines is 2. The van der Waals surface area contributed by atoms with Gasteiger partial charge in [0.25, 0.3) is 0 Å². The van der Waals surface area contributed by atoms with Crippen molar-refractivity contribution in [1.82, 2.24) is 0 Å². The molecule has 27 heavy (non-hydrogen) atoms. The molecule has 0 aliphatic heterocycles. The molecule has 0 saturated carbocycles. The van der Waals surface area contributed by atoms with Crippen molar-refractivity contribution >= 4 is 60.9 Å². The number of rotatable bonds is 3. The van der Waals surface area contributed by atoms with Gasteiger partial charge in [-0.25, -0.2) is 0 Å². The van der Waals surface area contributed by atoms with Crippen LogP contribution in [-0.2, 0) is 0 Å². The van der Waals surface area contributed by atoms with Crippen molar-refractivity contribution in [1.29, 1.82) is 0 Å². The lowest BCUT2D eigenvalue weighted by atomic mass is 9.99. The second-order valence-electron chi connectivity index (χ2n) is 6.53. The molecule has 130 valence electrons. The smallest absolute Gasteiger partial charge is 0.407 e. The number of fused-ring (bicyclic) bond motifs is 4. The number of hydrogen-bond acceptors (Lipinski definition) is 4. The highest BCUT2D eigenvalue weighted by atomic mass is 32.1. The van der Waals surface area contributed by atoms with Gasteiger partial charge in [-0.1, -0.05) is 54.6 Å². The van der Waals surface area contributed by atoms with Gasteiger partial charge in [-0.3, -0.25) is 0 Å². The topological polar surface area (TPSA) is 43.7 Å². The molecule has 0 radical (unpaired) electrons. The fourth-order valence-corrected chi connectivity index (χ4v) is 4.75. The summed E-state index contributed by atoms with van der Waals surface area (Å²) in [5, 5.41) is 24.8. The minimum Gasteiger partial charge on any atom is -0.407 e. The number of hydrogen-bond donors (Lipinski definition) is 2. The van der Waals surface area contributed by atoms with Crippen LogP contribution in [-0.4, -0.2) is 17.3 Å². The zero-order valence-electron chi connectivity index (χ0n) is 14.4. The van der Waals surface area contributed by atoms with E-state index in [1.54, 1.807) is 11.3 Å². The molecule has 0 unspecified atom stereocenters. The average Bonchev–Trinajstić information content (AvgIpc) is 3.05. The fourth-order valence-electron chi connectivity index (χ4n) is 3.61. The maximum absolute atomic E-state index is 10.1. The molecule has 4 aromatic carbocycles. The minimum atomic E-state index is -1.63. The van der Waals surface area contributed by atoms with Crippen LogP contribution >= 0.6 is 11.3 Å². The SMILES string of the molecule is OB(O)N(c1ccc2ccccc2c1)c1ccc2c(c1)sc1ccccc12. The molecule has 0 saturated heterocycles. The number of nitrogens with zero attached hydrogens (tertiary/aromatic N) is 1. The molecule has 1 aromatic heterocycles. The quantitative estimate of drug-likeness (QED) is 0.423. The molecule has 5 aromatic rings. The van der Waals surface area contributed by atoms with E-state index in [4.69, 9.17) is 0 Å². The zero-order chi connectivity index (χ0) is 18.4. The first-order chi connectivity index (χ1) is 13.2. The maximum Gasteiger partial charge on any atom is 0.592 e. The Balaban J connectivity index is 1.67. The molecule has 0 fully saturated rings. The summed E-state index contributed by atoms with van der Waals surface area (Å²) in [5.74, 6) is 0. The summed E-state index contributed by atoms with van der Waals surface area (Å²) in [4.78, 5) is 1.54. The molecule has 1 heterocycles. The van der Waals surface area contributed by atoms with Crippen LogP contribution in [0.1, 0.15) is 0 Å². The summed E-state index contributed by atoms with van der Waals surface area (Å²) >= 11 is 1.71. The first-order valence-electron chi connectivity index (χ1n) is 8.76. The number of benzene rings is 4. The first kappa shape index (κ1) is 16.3. The predicted octanol–water partition coefficient (Wildman–Crippen LogP) is 5.32. The average molecular weight is 369 g/mol. The van der Waals surface area contributed by atoms with Gasteiger partial charge in [-0.15, -0.1) is 11.3 Å². The highest BCUT2D eigenvalue weighted by Crippen LogP contribution is 2.37. The van der Waals surface area contributed by atoms with Crippen LogP contribution in [0.2, 0.25) is 0 Å². The summed E-state index contributed by atoms with van der Waals surface area (Å²) in [6.45, 7) is 0. The molecule has 0 aliphatic rings. The number of thiophene rings is 1. The molecular weight excluding hydrogens is 353 g/mol. The zero-order valence-corrected chi connectivity index (χ0v) is 15.2. The normalized spacial score (nSPS) is 11.3. The van der Waals surface area contributed by atoms with Crippen molar-refractivity contribution in [2.24, 2.45) is 0 Å². The van der Waals surface area contributed by atoms with Gasteiger partial charge < -0.3 is 14.9 Å². The van der Waals surface area contributed by atoms with Crippen LogP contribution in [0.4, 0.5) is 11.4 Å². The van der Waals surface area contributed by atoms with E-state index in [0.29, 0.717) is 0 Å². The van der Waals surface area contributed by atoms with E-state index in [1.165, 1.54) is 20.3 Å². The van der Waals surface area contributed by atoms with Crippen LogP contribution < -0.4 is 4.81 Å². The third-order valence-corrected chi connectivity index (χ3v) is 6.02. The molecule has 5 heteroatoms. The van der Waals surface area contributed by atoms with Crippen LogP contribution in [0.3, 0.4) is 0 Å². The van der Waals surface area contributed by atoms with Crippen LogP contribution in [0, 0.1) is 0 Å². The van der Waals surface area contributed by atoms with Gasteiger partial charge in [0.15, 0.2) is 0 Å². The second kappa shape index (κ2) is 6.39. The lowest BCUT2D eigenvalue weighted by molar-refractivity contribution is 0.407. The summed E-state index contributed by atoms with van der Waals surface area (Å²) in [6, 6.07) is 28.3. The Morgan fingerprint density at radius 2 is 1.30 bits per heavy atom. The predicted molar refractivity (Wildman–Crippen MR) is 116 cm³/mol. The van der Waals surface area contributed by atoms with E-state index in [1.807, 2.05) is 66.7 Å². The summed E-state index contributed by atoms with van der Waals surface area (Å²) in [7, 11) is -1.63. The molecule has 2 N–H and O–H groups in total. The highest BCUT2D eigenvalue weighted by molar-refractivity contribution is 7.25. The third kappa shape index (κ3) is 2.77. The van der Waals surface area contributed by atoms with Crippen LogP contribution in [0.15, 0.2) is 84.9 Å². The van der Waals surface area contributed by atoms with Crippen molar-refractivity contribution in [3.05, 3.63) is 84.9 Å². The van der Waals surface area contributed by atoms with Crippen molar-refractivity contribution in [2.75, 3.05) is 4.81 Å². The minimum absolute atomic E-state index is 0.740. The third-order valence-electron chi connectivity index (χ3n) is 4.88. The van der Waals surface area contributed by atoms with Gasteiger partial charge in [0.05, 0.1) is 0 Å². The Morgan fingerprint density at radius 3 is 2.15 bits per heavy atom. The van der Waals surface area contributed by atoms with Gasteiger partial charge >= 0.3 is 7.25 Å². The molecule has 0 aliphatic carbocycles. The Kier molecular flexibility index (Phi) is 3.86. The molecule has 0 atom stereocenters. The lowest BCUT2D eigenvalue weighted by Crippen LogP contribution is -2.35. The van der Waals surface area contributed by atoms with Gasteiger partial charge in [-0.05, 0) is 41.1 Å². The van der Waals surface area contributed by atoms with Crippen molar-refractivity contribution in [3.8, 4) is 0 Å². The molecule has 5 rings (SSSR count). The lowest BCUT2D eigenvalue weighted by Gasteiger charge is -2.24. The van der Waals surface area contributed by atoms with E-state index >= 15 is 0 Å². The van der Waals surface area contributed by atoms with Crippen LogP contribution in [0.25, 0.3) is 30.9 Å². The molecule has 3 nitrogen and oxygen atoms in total. The van der Waals surface area contributed by atoms with Crippen LogP contribution in [0.5, 0.6) is 0 Å². The molecule has 0 spiro atoms. The first-order valence-corrected chi connectivity index (χ1v) is 9.58. The summed E-state index contributed by atoms with van der Waals surface area (Å²) in [6.07, 6.45) is 0. The second-order valence-corrected chi connectivity index (χ2v) is 7.61. The molecular formula is C22H16BNO2S. The van der Waals surface area contributed by atoms with Gasteiger partial charge in [-0.2, -0.15) is 0 Å². The van der Waals surface area contributed by atoms with Gasteiger partial charge in [0.1, 0.15) is 0 Å². The Bertz CT molecular complexity index is 1280. The van der Waals surface area contributed by atoms with Crippen molar-refractivity contribution in [3.63, 3.8) is 0 Å². The largest absolute Gasteiger partial charge is 0.592 e. The van der Waals surface area contributed by atoms with E-state index in [0.717, 1.165) is 26.8 Å². The highest BCUT2D eigenvalue weighted by Gasteiger charge is 2.24. The van der Waals surface area contributed by atoms with Crippen molar-refractivity contribution in [2.45, 2.75) is 0 Å². The van der Waals surface area contributed by atoms with E-state index in [2.05, 4.69) is 18.2 Å².